The quantitative estimate of drug-likeness (QED) is 0.674. The second-order valence-corrected chi connectivity index (χ2v) is 9.07. The number of likely N-dealkylation sites (tertiary alicyclic amines) is 1. The molecule has 0 spiro atoms. The minimum Gasteiger partial charge on any atom is -0.336 e. The van der Waals surface area contributed by atoms with Crippen molar-refractivity contribution in [2.45, 2.75) is 16.6 Å². The molecule has 0 N–H and O–H groups in total. The molecule has 1 saturated heterocycles. The lowest BCUT2D eigenvalue weighted by atomic mass is 10.3. The summed E-state index contributed by atoms with van der Waals surface area (Å²) in [7, 11) is -3.53. The Kier molecular flexibility index (Phi) is 4.57. The summed E-state index contributed by atoms with van der Waals surface area (Å²) < 4.78 is 25.6. The van der Waals surface area contributed by atoms with Gasteiger partial charge in [0.2, 0.25) is 0 Å². The smallest absolute Gasteiger partial charge is 0.274 e. The highest BCUT2D eigenvalue weighted by atomic mass is 35.5. The van der Waals surface area contributed by atoms with Gasteiger partial charge in [0.15, 0.2) is 9.84 Å². The third kappa shape index (κ3) is 3.40. The van der Waals surface area contributed by atoms with E-state index in [0.717, 1.165) is 0 Å². The van der Waals surface area contributed by atoms with Gasteiger partial charge >= 0.3 is 0 Å². The normalized spacial score (nSPS) is 17.4. The molecule has 3 aromatic rings. The number of nitrogens with zero attached hydrogens (tertiary/aromatic N) is 3. The van der Waals surface area contributed by atoms with Crippen LogP contribution in [-0.4, -0.2) is 47.5 Å². The number of benzene rings is 2. The van der Waals surface area contributed by atoms with Gasteiger partial charge in [-0.1, -0.05) is 23.7 Å². The molecule has 1 atom stereocenters. The number of fused-ring (bicyclic) bond motifs is 1. The first-order chi connectivity index (χ1) is 12.9. The highest BCUT2D eigenvalue weighted by Gasteiger charge is 2.36. The Balaban J connectivity index is 1.54. The number of para-hydroxylation sites is 2. The summed E-state index contributed by atoms with van der Waals surface area (Å²) in [6.45, 7) is 0.503. The summed E-state index contributed by atoms with van der Waals surface area (Å²) in [6.07, 6.45) is 1.82. The summed E-state index contributed by atoms with van der Waals surface area (Å²) >= 11 is 5.83. The molecule has 1 unspecified atom stereocenters. The first-order valence-electron chi connectivity index (χ1n) is 8.46. The zero-order chi connectivity index (χ0) is 19.0. The van der Waals surface area contributed by atoms with Crippen LogP contribution in [0, 0.1) is 0 Å². The number of hydrogen-bond donors (Lipinski definition) is 0. The van der Waals surface area contributed by atoms with Crippen LogP contribution in [-0.2, 0) is 9.84 Å². The zero-order valence-corrected chi connectivity index (χ0v) is 15.8. The Morgan fingerprint density at radius 3 is 2.52 bits per heavy atom. The molecular formula is C19H16ClN3O3S. The predicted molar refractivity (Wildman–Crippen MR) is 102 cm³/mol. The number of sulfone groups is 1. The van der Waals surface area contributed by atoms with Crippen molar-refractivity contribution in [1.29, 1.82) is 0 Å². The lowest BCUT2D eigenvalue weighted by molar-refractivity contribution is 0.0787. The number of rotatable bonds is 3. The molecule has 1 aromatic heterocycles. The van der Waals surface area contributed by atoms with Crippen LogP contribution in [0.1, 0.15) is 16.9 Å². The number of aromatic nitrogens is 2. The summed E-state index contributed by atoms with van der Waals surface area (Å²) in [6, 6.07) is 13.4. The molecule has 2 heterocycles. The molecule has 4 rings (SSSR count). The van der Waals surface area contributed by atoms with Crippen molar-refractivity contribution in [2.24, 2.45) is 0 Å². The van der Waals surface area contributed by atoms with Gasteiger partial charge in [0.25, 0.3) is 5.91 Å². The Hall–Kier alpha value is -2.51. The molecule has 27 heavy (non-hydrogen) atoms. The van der Waals surface area contributed by atoms with E-state index in [1.165, 1.54) is 23.2 Å². The van der Waals surface area contributed by atoms with E-state index in [1.54, 1.807) is 18.2 Å². The van der Waals surface area contributed by atoms with E-state index in [9.17, 15) is 13.2 Å². The van der Waals surface area contributed by atoms with E-state index < -0.39 is 15.1 Å². The van der Waals surface area contributed by atoms with Gasteiger partial charge in [0, 0.05) is 18.1 Å². The Morgan fingerprint density at radius 1 is 1.07 bits per heavy atom. The summed E-state index contributed by atoms with van der Waals surface area (Å²) in [4.78, 5) is 23.1. The van der Waals surface area contributed by atoms with Gasteiger partial charge in [0.05, 0.1) is 27.4 Å². The maximum absolute atomic E-state index is 12.8. The van der Waals surface area contributed by atoms with Crippen molar-refractivity contribution in [3.63, 3.8) is 0 Å². The molecule has 0 radical (unpaired) electrons. The molecule has 2 aromatic carbocycles. The number of halogens is 1. The zero-order valence-electron chi connectivity index (χ0n) is 14.2. The van der Waals surface area contributed by atoms with Crippen LogP contribution >= 0.6 is 11.6 Å². The SMILES string of the molecule is O=C(c1cnc2ccccc2n1)N1CCC(S(=O)(=O)c2ccc(Cl)cc2)C1. The highest BCUT2D eigenvalue weighted by molar-refractivity contribution is 7.92. The molecule has 0 bridgehead atoms. The summed E-state index contributed by atoms with van der Waals surface area (Å²) in [5.74, 6) is -0.304. The van der Waals surface area contributed by atoms with E-state index >= 15 is 0 Å². The van der Waals surface area contributed by atoms with Gasteiger partial charge in [-0.05, 0) is 42.8 Å². The minimum absolute atomic E-state index is 0.137. The van der Waals surface area contributed by atoms with Crippen LogP contribution in [0.2, 0.25) is 5.02 Å². The average molecular weight is 402 g/mol. The first kappa shape index (κ1) is 17.9. The standard InChI is InChI=1S/C19H16ClN3O3S/c20-13-5-7-14(8-6-13)27(25,26)15-9-10-23(12-15)19(24)18-11-21-16-3-1-2-4-17(16)22-18/h1-8,11,15H,9-10,12H2. The van der Waals surface area contributed by atoms with Crippen molar-refractivity contribution in [1.82, 2.24) is 14.9 Å². The fourth-order valence-electron chi connectivity index (χ4n) is 3.20. The molecule has 0 aliphatic carbocycles. The second-order valence-electron chi connectivity index (χ2n) is 6.40. The van der Waals surface area contributed by atoms with Crippen molar-refractivity contribution < 1.29 is 13.2 Å². The van der Waals surface area contributed by atoms with E-state index in [-0.39, 0.29) is 23.0 Å². The largest absolute Gasteiger partial charge is 0.336 e. The number of carbonyl (C=O) groups is 1. The maximum atomic E-state index is 12.8. The summed E-state index contributed by atoms with van der Waals surface area (Å²) in [5.41, 5.74) is 1.56. The molecule has 1 aliphatic heterocycles. The number of hydrogen-bond acceptors (Lipinski definition) is 5. The molecule has 6 nitrogen and oxygen atoms in total. The highest BCUT2D eigenvalue weighted by Crippen LogP contribution is 2.26. The topological polar surface area (TPSA) is 80.2 Å². The molecule has 8 heteroatoms. The van der Waals surface area contributed by atoms with Gasteiger partial charge in [0.1, 0.15) is 5.69 Å². The minimum atomic E-state index is -3.53. The second kappa shape index (κ2) is 6.90. The van der Waals surface area contributed by atoms with Gasteiger partial charge in [-0.15, -0.1) is 0 Å². The monoisotopic (exact) mass is 401 g/mol. The number of carbonyl (C=O) groups excluding carboxylic acids is 1. The third-order valence-electron chi connectivity index (χ3n) is 4.68. The van der Waals surface area contributed by atoms with E-state index in [2.05, 4.69) is 9.97 Å². The van der Waals surface area contributed by atoms with Crippen LogP contribution < -0.4 is 0 Å². The van der Waals surface area contributed by atoms with Gasteiger partial charge in [-0.2, -0.15) is 0 Å². The molecule has 138 valence electrons. The van der Waals surface area contributed by atoms with Gasteiger partial charge in [-0.3, -0.25) is 9.78 Å². The van der Waals surface area contributed by atoms with E-state index in [0.29, 0.717) is 29.0 Å². The van der Waals surface area contributed by atoms with Gasteiger partial charge < -0.3 is 4.90 Å². The lowest BCUT2D eigenvalue weighted by Crippen LogP contribution is -2.32. The molecule has 1 amide bonds. The fraction of sp³-hybridized carbons (Fsp3) is 0.211. The van der Waals surface area contributed by atoms with Gasteiger partial charge in [-0.25, -0.2) is 13.4 Å². The lowest BCUT2D eigenvalue weighted by Gasteiger charge is -2.16. The average Bonchev–Trinajstić information content (AvgIpc) is 3.18. The predicted octanol–water partition coefficient (Wildman–Crippen LogP) is 2.97. The Morgan fingerprint density at radius 2 is 1.78 bits per heavy atom. The maximum Gasteiger partial charge on any atom is 0.274 e. The number of amides is 1. The van der Waals surface area contributed by atoms with Crippen molar-refractivity contribution in [3.05, 3.63) is 65.4 Å². The van der Waals surface area contributed by atoms with Crippen molar-refractivity contribution >= 4 is 38.4 Å². The van der Waals surface area contributed by atoms with Crippen molar-refractivity contribution in [2.75, 3.05) is 13.1 Å². The van der Waals surface area contributed by atoms with Crippen LogP contribution in [0.4, 0.5) is 0 Å². The Bertz CT molecular complexity index is 1120. The Labute approximate surface area is 161 Å². The molecule has 0 saturated carbocycles. The van der Waals surface area contributed by atoms with Crippen LogP contribution in [0.25, 0.3) is 11.0 Å². The van der Waals surface area contributed by atoms with Crippen LogP contribution in [0.5, 0.6) is 0 Å². The third-order valence-corrected chi connectivity index (χ3v) is 7.12. The van der Waals surface area contributed by atoms with E-state index in [1.807, 2.05) is 18.2 Å². The van der Waals surface area contributed by atoms with Crippen LogP contribution in [0.15, 0.2) is 59.6 Å². The van der Waals surface area contributed by atoms with E-state index in [4.69, 9.17) is 11.6 Å². The first-order valence-corrected chi connectivity index (χ1v) is 10.4. The van der Waals surface area contributed by atoms with Crippen molar-refractivity contribution in [3.8, 4) is 0 Å². The summed E-state index contributed by atoms with van der Waals surface area (Å²) in [5, 5.41) is -0.164. The van der Waals surface area contributed by atoms with Crippen LogP contribution in [0.3, 0.4) is 0 Å². The molecule has 1 fully saturated rings. The molecular weight excluding hydrogens is 386 g/mol. The molecule has 1 aliphatic rings. The fourth-order valence-corrected chi connectivity index (χ4v) is 5.02.